The van der Waals surface area contributed by atoms with Crippen molar-refractivity contribution in [2.75, 3.05) is 31.1 Å². The van der Waals surface area contributed by atoms with Gasteiger partial charge in [0.1, 0.15) is 16.6 Å². The standard InChI is InChI=1S/C17H18ClN5/c18-15-3-1-13(11-20-15)12-22-7-9-23(10-8-22)16-4-2-14-5-6-19-17(14)21-16/h1-6,11H,7-10,12H2,(H,19,21). The van der Waals surface area contributed by atoms with Gasteiger partial charge >= 0.3 is 0 Å². The highest BCUT2D eigenvalue weighted by Gasteiger charge is 2.18. The maximum Gasteiger partial charge on any atom is 0.139 e. The normalized spacial score (nSPS) is 16.1. The molecule has 0 atom stereocenters. The molecule has 23 heavy (non-hydrogen) atoms. The van der Waals surface area contributed by atoms with Gasteiger partial charge in [0, 0.05) is 50.5 Å². The second-order valence-electron chi connectivity index (χ2n) is 5.84. The van der Waals surface area contributed by atoms with Gasteiger partial charge < -0.3 is 9.88 Å². The fraction of sp³-hybridized carbons (Fsp3) is 0.294. The van der Waals surface area contributed by atoms with Gasteiger partial charge in [0.2, 0.25) is 0 Å². The lowest BCUT2D eigenvalue weighted by atomic mass is 10.2. The molecule has 5 nitrogen and oxygen atoms in total. The van der Waals surface area contributed by atoms with Crippen LogP contribution in [0.1, 0.15) is 5.56 Å². The lowest BCUT2D eigenvalue weighted by Crippen LogP contribution is -2.46. The molecule has 4 heterocycles. The monoisotopic (exact) mass is 327 g/mol. The summed E-state index contributed by atoms with van der Waals surface area (Å²) in [6.07, 6.45) is 3.79. The molecule has 0 aromatic carbocycles. The largest absolute Gasteiger partial charge is 0.354 e. The Labute approximate surface area is 139 Å². The Hall–Kier alpha value is -2.11. The van der Waals surface area contributed by atoms with Crippen molar-refractivity contribution in [3.63, 3.8) is 0 Å². The summed E-state index contributed by atoms with van der Waals surface area (Å²) in [5, 5.41) is 1.70. The first-order valence-corrected chi connectivity index (χ1v) is 8.17. The van der Waals surface area contributed by atoms with Crippen molar-refractivity contribution in [1.82, 2.24) is 19.9 Å². The number of piperazine rings is 1. The van der Waals surface area contributed by atoms with E-state index in [4.69, 9.17) is 16.6 Å². The molecule has 1 aliphatic heterocycles. The van der Waals surface area contributed by atoms with Crippen LogP contribution in [0, 0.1) is 0 Å². The molecule has 0 saturated carbocycles. The molecule has 6 heteroatoms. The van der Waals surface area contributed by atoms with Crippen molar-refractivity contribution < 1.29 is 0 Å². The summed E-state index contributed by atoms with van der Waals surface area (Å²) in [5.74, 6) is 1.05. The number of pyridine rings is 2. The first-order chi connectivity index (χ1) is 11.3. The van der Waals surface area contributed by atoms with Gasteiger partial charge in [0.05, 0.1) is 0 Å². The molecule has 0 bridgehead atoms. The molecule has 3 aromatic heterocycles. The molecule has 1 fully saturated rings. The number of nitrogens with zero attached hydrogens (tertiary/aromatic N) is 4. The van der Waals surface area contributed by atoms with E-state index in [1.807, 2.05) is 30.6 Å². The molecule has 118 valence electrons. The highest BCUT2D eigenvalue weighted by atomic mass is 35.5. The Kier molecular flexibility index (Phi) is 3.89. The predicted molar refractivity (Wildman–Crippen MR) is 92.8 cm³/mol. The molecule has 0 spiro atoms. The van der Waals surface area contributed by atoms with E-state index in [1.165, 1.54) is 5.56 Å². The summed E-state index contributed by atoms with van der Waals surface area (Å²) in [4.78, 5) is 16.8. The van der Waals surface area contributed by atoms with E-state index >= 15 is 0 Å². The lowest BCUT2D eigenvalue weighted by Gasteiger charge is -2.35. The lowest BCUT2D eigenvalue weighted by molar-refractivity contribution is 0.249. The Morgan fingerprint density at radius 3 is 2.70 bits per heavy atom. The summed E-state index contributed by atoms with van der Waals surface area (Å²) in [5.41, 5.74) is 2.16. The van der Waals surface area contributed by atoms with Crippen molar-refractivity contribution in [2.24, 2.45) is 0 Å². The van der Waals surface area contributed by atoms with Gasteiger partial charge in [-0.1, -0.05) is 17.7 Å². The molecule has 1 aliphatic rings. The minimum Gasteiger partial charge on any atom is -0.354 e. The zero-order valence-corrected chi connectivity index (χ0v) is 13.5. The number of aromatic nitrogens is 3. The van der Waals surface area contributed by atoms with Gasteiger partial charge in [-0.3, -0.25) is 4.90 Å². The zero-order valence-electron chi connectivity index (χ0n) is 12.7. The van der Waals surface area contributed by atoms with Gasteiger partial charge in [-0.15, -0.1) is 0 Å². The molecule has 0 unspecified atom stereocenters. The number of H-pyrrole nitrogens is 1. The molecular weight excluding hydrogens is 310 g/mol. The smallest absolute Gasteiger partial charge is 0.139 e. The number of halogens is 1. The predicted octanol–water partition coefficient (Wildman–Crippen LogP) is 2.93. The Balaban J connectivity index is 1.39. The minimum atomic E-state index is 0.546. The average Bonchev–Trinajstić information content (AvgIpc) is 3.05. The van der Waals surface area contributed by atoms with Crippen LogP contribution in [0.2, 0.25) is 5.15 Å². The number of hydrogen-bond donors (Lipinski definition) is 1. The third-order valence-corrected chi connectivity index (χ3v) is 4.51. The molecule has 0 aliphatic carbocycles. The zero-order chi connectivity index (χ0) is 15.6. The third kappa shape index (κ3) is 3.16. The summed E-state index contributed by atoms with van der Waals surface area (Å²) in [7, 11) is 0. The van der Waals surface area contributed by atoms with Crippen molar-refractivity contribution in [3.05, 3.63) is 53.4 Å². The van der Waals surface area contributed by atoms with Gasteiger partial charge in [-0.2, -0.15) is 0 Å². The van der Waals surface area contributed by atoms with Crippen LogP contribution in [-0.4, -0.2) is 46.0 Å². The highest BCUT2D eigenvalue weighted by Crippen LogP contribution is 2.19. The maximum absolute atomic E-state index is 5.83. The average molecular weight is 328 g/mol. The third-order valence-electron chi connectivity index (χ3n) is 4.29. The summed E-state index contributed by atoms with van der Waals surface area (Å²) in [6, 6.07) is 10.2. The fourth-order valence-electron chi connectivity index (χ4n) is 2.99. The number of nitrogens with one attached hydrogen (secondary N) is 1. The second kappa shape index (κ2) is 6.18. The summed E-state index contributed by atoms with van der Waals surface area (Å²) in [6.45, 7) is 4.93. The van der Waals surface area contributed by atoms with E-state index in [1.54, 1.807) is 0 Å². The van der Waals surface area contributed by atoms with Gasteiger partial charge in [0.25, 0.3) is 0 Å². The first kappa shape index (κ1) is 14.5. The number of rotatable bonds is 3. The van der Waals surface area contributed by atoms with E-state index in [0.717, 1.165) is 49.6 Å². The second-order valence-corrected chi connectivity index (χ2v) is 6.22. The van der Waals surface area contributed by atoms with Crippen LogP contribution in [0.15, 0.2) is 42.7 Å². The van der Waals surface area contributed by atoms with E-state index in [0.29, 0.717) is 5.15 Å². The van der Waals surface area contributed by atoms with Crippen molar-refractivity contribution >= 4 is 28.5 Å². The van der Waals surface area contributed by atoms with Crippen LogP contribution in [0.25, 0.3) is 11.0 Å². The van der Waals surface area contributed by atoms with Crippen molar-refractivity contribution in [3.8, 4) is 0 Å². The van der Waals surface area contributed by atoms with Crippen LogP contribution in [0.5, 0.6) is 0 Å². The summed E-state index contributed by atoms with van der Waals surface area (Å²) < 4.78 is 0. The number of hydrogen-bond acceptors (Lipinski definition) is 4. The molecule has 4 rings (SSSR count). The van der Waals surface area contributed by atoms with Crippen LogP contribution in [0.4, 0.5) is 5.82 Å². The molecule has 0 amide bonds. The Morgan fingerprint density at radius 1 is 1.04 bits per heavy atom. The number of fused-ring (bicyclic) bond motifs is 1. The fourth-order valence-corrected chi connectivity index (χ4v) is 3.10. The molecule has 1 N–H and O–H groups in total. The van der Waals surface area contributed by atoms with Crippen LogP contribution >= 0.6 is 11.6 Å². The quantitative estimate of drug-likeness (QED) is 0.751. The van der Waals surface area contributed by atoms with Gasteiger partial charge in [0.15, 0.2) is 0 Å². The number of anilines is 1. The molecule has 3 aromatic rings. The SMILES string of the molecule is Clc1ccc(CN2CCN(c3ccc4cc[nH]c4n3)CC2)cn1. The van der Waals surface area contributed by atoms with Gasteiger partial charge in [-0.25, -0.2) is 9.97 Å². The highest BCUT2D eigenvalue weighted by molar-refractivity contribution is 6.29. The van der Waals surface area contributed by atoms with Crippen LogP contribution in [-0.2, 0) is 6.54 Å². The van der Waals surface area contributed by atoms with Gasteiger partial charge in [-0.05, 0) is 29.8 Å². The minimum absolute atomic E-state index is 0.546. The van der Waals surface area contributed by atoms with E-state index in [-0.39, 0.29) is 0 Å². The number of aromatic amines is 1. The van der Waals surface area contributed by atoms with E-state index in [2.05, 4.69) is 31.9 Å². The van der Waals surface area contributed by atoms with Crippen molar-refractivity contribution in [2.45, 2.75) is 6.54 Å². The Bertz CT molecular complexity index is 790. The van der Waals surface area contributed by atoms with Crippen LogP contribution < -0.4 is 4.90 Å². The van der Waals surface area contributed by atoms with Crippen LogP contribution in [0.3, 0.4) is 0 Å². The summed E-state index contributed by atoms with van der Waals surface area (Å²) >= 11 is 5.83. The first-order valence-electron chi connectivity index (χ1n) is 7.80. The van der Waals surface area contributed by atoms with E-state index in [9.17, 15) is 0 Å². The molecule has 1 saturated heterocycles. The maximum atomic E-state index is 5.83. The molecular formula is C17H18ClN5. The molecule has 0 radical (unpaired) electrons. The van der Waals surface area contributed by atoms with Crippen molar-refractivity contribution in [1.29, 1.82) is 0 Å². The van der Waals surface area contributed by atoms with E-state index < -0.39 is 0 Å². The topological polar surface area (TPSA) is 48.0 Å². The Morgan fingerprint density at radius 2 is 1.91 bits per heavy atom.